The van der Waals surface area contributed by atoms with Crippen LogP contribution in [0.3, 0.4) is 0 Å². The summed E-state index contributed by atoms with van der Waals surface area (Å²) in [6, 6.07) is 13.4. The predicted molar refractivity (Wildman–Crippen MR) is 110 cm³/mol. The summed E-state index contributed by atoms with van der Waals surface area (Å²) in [5.74, 6) is -1.12. The summed E-state index contributed by atoms with van der Waals surface area (Å²) in [5.41, 5.74) is 1.20. The minimum Gasteiger partial charge on any atom is -0.506 e. The molecule has 8 nitrogen and oxygen atoms in total. The smallest absolute Gasteiger partial charge is 0.314 e. The van der Waals surface area contributed by atoms with Gasteiger partial charge in [0.2, 0.25) is 10.0 Å². The monoisotopic (exact) mass is 422 g/mol. The summed E-state index contributed by atoms with van der Waals surface area (Å²) >= 11 is 0. The van der Waals surface area contributed by atoms with Gasteiger partial charge in [-0.25, -0.2) is 8.42 Å². The molecule has 0 fully saturated rings. The average Bonchev–Trinajstić information content (AvgIpc) is 2.66. The van der Waals surface area contributed by atoms with E-state index in [1.54, 1.807) is 6.92 Å². The summed E-state index contributed by atoms with van der Waals surface area (Å²) in [4.78, 5) is 12.3. The zero-order valence-corrected chi connectivity index (χ0v) is 17.1. The highest BCUT2D eigenvalue weighted by Gasteiger charge is 2.22. The van der Waals surface area contributed by atoms with Gasteiger partial charge in [0.05, 0.1) is 30.6 Å². The van der Waals surface area contributed by atoms with Gasteiger partial charge in [0.1, 0.15) is 5.75 Å². The number of aliphatic hydroxyl groups excluding tert-OH is 1. The third-order valence-corrected chi connectivity index (χ3v) is 4.75. The molecule has 29 heavy (non-hydrogen) atoms. The van der Waals surface area contributed by atoms with Gasteiger partial charge < -0.3 is 20.3 Å². The number of rotatable bonds is 10. The molecular weight excluding hydrogens is 396 g/mol. The lowest BCUT2D eigenvalue weighted by Gasteiger charge is -2.19. The maximum Gasteiger partial charge on any atom is 0.314 e. The largest absolute Gasteiger partial charge is 0.506 e. The average molecular weight is 423 g/mol. The van der Waals surface area contributed by atoms with E-state index in [1.807, 2.05) is 30.3 Å². The van der Waals surface area contributed by atoms with E-state index < -0.39 is 22.0 Å². The number of carbonyl (C=O) groups excluding carboxylic acids is 1. The second-order valence-corrected chi connectivity index (χ2v) is 8.29. The fourth-order valence-electron chi connectivity index (χ4n) is 2.79. The molecule has 2 rings (SSSR count). The fourth-order valence-corrected chi connectivity index (χ4v) is 3.35. The Bertz CT molecular complexity index is 918. The number of hydrogen-bond donors (Lipinski definition) is 4. The van der Waals surface area contributed by atoms with Gasteiger partial charge in [0.25, 0.3) is 0 Å². The van der Waals surface area contributed by atoms with Crippen LogP contribution in [0.2, 0.25) is 0 Å². The molecule has 0 bridgehead atoms. The van der Waals surface area contributed by atoms with Crippen LogP contribution >= 0.6 is 0 Å². The lowest BCUT2D eigenvalue weighted by atomic mass is 9.99. The Morgan fingerprint density at radius 2 is 1.79 bits per heavy atom. The summed E-state index contributed by atoms with van der Waals surface area (Å²) in [6.07, 6.45) is -0.00902. The molecule has 0 aromatic heterocycles. The van der Waals surface area contributed by atoms with Crippen LogP contribution in [0.1, 0.15) is 30.1 Å². The van der Waals surface area contributed by atoms with Crippen molar-refractivity contribution in [3.8, 4) is 5.75 Å². The highest BCUT2D eigenvalue weighted by molar-refractivity contribution is 7.92. The molecule has 0 saturated carbocycles. The van der Waals surface area contributed by atoms with E-state index >= 15 is 0 Å². The number of anilines is 1. The number of phenols is 1. The number of phenolic OH excluding ortho intramolecular Hbond substituents is 1. The van der Waals surface area contributed by atoms with Gasteiger partial charge in [-0.15, -0.1) is 0 Å². The third kappa shape index (κ3) is 7.04. The van der Waals surface area contributed by atoms with Crippen LogP contribution in [0.15, 0.2) is 48.5 Å². The second kappa shape index (κ2) is 10.2. The first-order valence-corrected chi connectivity index (χ1v) is 11.0. The van der Waals surface area contributed by atoms with Crippen molar-refractivity contribution in [2.75, 3.05) is 30.7 Å². The molecule has 2 aromatic rings. The quantitative estimate of drug-likeness (QED) is 0.339. The van der Waals surface area contributed by atoms with Crippen LogP contribution in [0.5, 0.6) is 5.75 Å². The highest BCUT2D eigenvalue weighted by atomic mass is 32.2. The zero-order chi connectivity index (χ0) is 21.4. The number of esters is 1. The van der Waals surface area contributed by atoms with Gasteiger partial charge in [0.15, 0.2) is 0 Å². The number of sulfonamides is 1. The summed E-state index contributed by atoms with van der Waals surface area (Å²) in [7, 11) is -3.57. The lowest BCUT2D eigenvalue weighted by Crippen LogP contribution is -2.31. The molecule has 158 valence electrons. The van der Waals surface area contributed by atoms with Crippen molar-refractivity contribution in [2.45, 2.75) is 18.9 Å². The van der Waals surface area contributed by atoms with Gasteiger partial charge in [-0.1, -0.05) is 36.4 Å². The Morgan fingerprint density at radius 3 is 2.41 bits per heavy atom. The molecule has 0 radical (unpaired) electrons. The molecule has 9 heteroatoms. The number of nitrogens with one attached hydrogen (secondary N) is 2. The van der Waals surface area contributed by atoms with E-state index in [2.05, 4.69) is 10.0 Å². The van der Waals surface area contributed by atoms with E-state index in [1.165, 1.54) is 18.2 Å². The van der Waals surface area contributed by atoms with E-state index in [9.17, 15) is 23.4 Å². The number of aromatic hydroxyl groups is 1. The van der Waals surface area contributed by atoms with E-state index in [0.717, 1.165) is 11.8 Å². The second-order valence-electron chi connectivity index (χ2n) is 6.54. The summed E-state index contributed by atoms with van der Waals surface area (Å²) in [5, 5.41) is 23.3. The van der Waals surface area contributed by atoms with Crippen molar-refractivity contribution in [1.29, 1.82) is 0 Å². The Balaban J connectivity index is 2.04. The number of hydrogen-bond acceptors (Lipinski definition) is 7. The number of carbonyl (C=O) groups is 1. The van der Waals surface area contributed by atoms with Crippen LogP contribution in [-0.4, -0.2) is 50.6 Å². The Hall–Kier alpha value is -2.62. The molecule has 0 heterocycles. The molecule has 0 saturated heterocycles. The van der Waals surface area contributed by atoms with E-state index in [4.69, 9.17) is 4.74 Å². The van der Waals surface area contributed by atoms with Crippen LogP contribution in [0.25, 0.3) is 0 Å². The van der Waals surface area contributed by atoms with Gasteiger partial charge in [0, 0.05) is 13.1 Å². The molecule has 2 atom stereocenters. The van der Waals surface area contributed by atoms with Crippen molar-refractivity contribution >= 4 is 21.7 Å². The molecule has 2 unspecified atom stereocenters. The van der Waals surface area contributed by atoms with Crippen molar-refractivity contribution in [3.63, 3.8) is 0 Å². The third-order valence-electron chi connectivity index (χ3n) is 4.16. The van der Waals surface area contributed by atoms with Gasteiger partial charge >= 0.3 is 5.97 Å². The molecule has 2 aromatic carbocycles. The van der Waals surface area contributed by atoms with Gasteiger partial charge in [-0.3, -0.25) is 9.52 Å². The first-order valence-electron chi connectivity index (χ1n) is 9.12. The molecule has 0 amide bonds. The van der Waals surface area contributed by atoms with Crippen LogP contribution in [0.4, 0.5) is 5.69 Å². The van der Waals surface area contributed by atoms with Crippen molar-refractivity contribution in [3.05, 3.63) is 59.7 Å². The maximum absolute atomic E-state index is 12.3. The molecule has 4 N–H and O–H groups in total. The fraction of sp³-hybridized carbons (Fsp3) is 0.350. The topological polar surface area (TPSA) is 125 Å². The Kier molecular flexibility index (Phi) is 8.00. The van der Waals surface area contributed by atoms with Crippen molar-refractivity contribution in [2.24, 2.45) is 0 Å². The van der Waals surface area contributed by atoms with Crippen molar-refractivity contribution in [1.82, 2.24) is 5.32 Å². The van der Waals surface area contributed by atoms with Gasteiger partial charge in [-0.2, -0.15) is 0 Å². The molecule has 0 spiro atoms. The first-order chi connectivity index (χ1) is 13.7. The number of benzene rings is 2. The molecular formula is C20H26N2O6S. The molecule has 0 aliphatic heterocycles. The Morgan fingerprint density at radius 1 is 1.10 bits per heavy atom. The lowest BCUT2D eigenvalue weighted by molar-refractivity contribution is -0.144. The van der Waals surface area contributed by atoms with Crippen LogP contribution in [-0.2, 0) is 19.6 Å². The van der Waals surface area contributed by atoms with Crippen LogP contribution in [0, 0.1) is 0 Å². The maximum atomic E-state index is 12.3. The standard InChI is InChI=1S/C20H26N2O6S/c1-3-28-20(25)16(14-7-5-4-6-8-14)12-21-13-19(24)15-9-10-18(23)17(11-15)22-29(2,26)27/h4-11,16,19,21-24H,3,12-13H2,1-2H3. The molecule has 0 aliphatic rings. The first kappa shape index (κ1) is 22.7. The van der Waals surface area contributed by atoms with E-state index in [-0.39, 0.29) is 37.1 Å². The van der Waals surface area contributed by atoms with Crippen LogP contribution < -0.4 is 10.0 Å². The number of aliphatic hydroxyl groups is 1. The highest BCUT2D eigenvalue weighted by Crippen LogP contribution is 2.27. The minimum absolute atomic E-state index is 0.0160. The SMILES string of the molecule is CCOC(=O)C(CNCC(O)c1ccc(O)c(NS(C)(=O)=O)c1)c1ccccc1. The summed E-state index contributed by atoms with van der Waals surface area (Å²) < 4.78 is 30.1. The van der Waals surface area contributed by atoms with E-state index in [0.29, 0.717) is 5.56 Å². The van der Waals surface area contributed by atoms with Crippen molar-refractivity contribution < 1.29 is 28.2 Å². The summed E-state index contributed by atoms with van der Waals surface area (Å²) in [6.45, 7) is 2.39. The predicted octanol–water partition coefficient (Wildman–Crippen LogP) is 1.73. The van der Waals surface area contributed by atoms with Gasteiger partial charge in [-0.05, 0) is 30.2 Å². The molecule has 0 aliphatic carbocycles. The normalized spacial score (nSPS) is 13.5. The number of ether oxygens (including phenoxy) is 1. The Labute approximate surface area is 170 Å². The minimum atomic E-state index is -3.57. The zero-order valence-electron chi connectivity index (χ0n) is 16.3.